The Morgan fingerprint density at radius 3 is 2.60 bits per heavy atom. The molecule has 1 fully saturated rings. The Morgan fingerprint density at radius 2 is 1.80 bits per heavy atom. The van der Waals surface area contributed by atoms with E-state index in [0.29, 0.717) is 11.7 Å². The average molecular weight is 333 g/mol. The molecule has 4 heteroatoms. The van der Waals surface area contributed by atoms with Gasteiger partial charge in [0.25, 0.3) is 0 Å². The quantitative estimate of drug-likeness (QED) is 0.712. The largest absolute Gasteiger partial charge is 0.339 e. The molecular formula is C21H23N3O. The molecule has 0 aliphatic carbocycles. The summed E-state index contributed by atoms with van der Waals surface area (Å²) in [4.78, 5) is 7.15. The summed E-state index contributed by atoms with van der Waals surface area (Å²) in [6, 6.07) is 16.8. The number of hydrogen-bond donors (Lipinski definition) is 0. The Hall–Kier alpha value is -2.46. The highest BCUT2D eigenvalue weighted by molar-refractivity contribution is 5.59. The molecule has 0 radical (unpaired) electrons. The Balaban J connectivity index is 1.46. The number of nitrogens with zero attached hydrogens (tertiary/aromatic N) is 3. The second-order valence-electron chi connectivity index (χ2n) is 6.92. The van der Waals surface area contributed by atoms with Gasteiger partial charge in [-0.15, -0.1) is 0 Å². The zero-order valence-electron chi connectivity index (χ0n) is 14.8. The number of aromatic nitrogens is 2. The van der Waals surface area contributed by atoms with Crippen LogP contribution in [-0.2, 0) is 6.54 Å². The van der Waals surface area contributed by atoms with Crippen molar-refractivity contribution in [1.29, 1.82) is 0 Å². The SMILES string of the molecule is Cc1ccccc1CN1CC[C@H](c2nc(-c3ccccc3C)no2)C1. The molecule has 0 N–H and O–H groups in total. The van der Waals surface area contributed by atoms with E-state index in [1.807, 2.05) is 18.2 Å². The monoisotopic (exact) mass is 333 g/mol. The summed E-state index contributed by atoms with van der Waals surface area (Å²) in [5, 5.41) is 4.21. The number of rotatable bonds is 4. The summed E-state index contributed by atoms with van der Waals surface area (Å²) in [6.45, 7) is 7.28. The van der Waals surface area contributed by atoms with Gasteiger partial charge in [-0.1, -0.05) is 53.7 Å². The molecule has 25 heavy (non-hydrogen) atoms. The van der Waals surface area contributed by atoms with E-state index >= 15 is 0 Å². The number of benzene rings is 2. The van der Waals surface area contributed by atoms with Crippen molar-refractivity contribution in [3.05, 3.63) is 71.1 Å². The zero-order chi connectivity index (χ0) is 17.2. The van der Waals surface area contributed by atoms with Crippen LogP contribution in [0.2, 0.25) is 0 Å². The van der Waals surface area contributed by atoms with Crippen LogP contribution < -0.4 is 0 Å². The average Bonchev–Trinajstić information content (AvgIpc) is 3.27. The maximum atomic E-state index is 5.59. The number of likely N-dealkylation sites (tertiary alicyclic amines) is 1. The van der Waals surface area contributed by atoms with Gasteiger partial charge in [0.15, 0.2) is 0 Å². The fourth-order valence-corrected chi connectivity index (χ4v) is 3.54. The van der Waals surface area contributed by atoms with Crippen LogP contribution in [0.15, 0.2) is 53.1 Å². The summed E-state index contributed by atoms with van der Waals surface area (Å²) in [5.41, 5.74) is 4.97. The normalized spacial score (nSPS) is 17.9. The molecule has 0 amide bonds. The van der Waals surface area contributed by atoms with E-state index < -0.39 is 0 Å². The van der Waals surface area contributed by atoms with Crippen LogP contribution in [0.3, 0.4) is 0 Å². The van der Waals surface area contributed by atoms with Gasteiger partial charge in [0.1, 0.15) is 0 Å². The van der Waals surface area contributed by atoms with Gasteiger partial charge in [-0.05, 0) is 43.5 Å². The molecule has 0 unspecified atom stereocenters. The molecule has 0 spiro atoms. The third kappa shape index (κ3) is 3.35. The van der Waals surface area contributed by atoms with Gasteiger partial charge in [-0.3, -0.25) is 4.90 Å². The van der Waals surface area contributed by atoms with E-state index in [-0.39, 0.29) is 0 Å². The van der Waals surface area contributed by atoms with Crippen molar-refractivity contribution >= 4 is 0 Å². The van der Waals surface area contributed by atoms with Crippen LogP contribution in [0.1, 0.15) is 34.9 Å². The Morgan fingerprint density at radius 1 is 1.04 bits per heavy atom. The van der Waals surface area contributed by atoms with Gasteiger partial charge >= 0.3 is 0 Å². The highest BCUT2D eigenvalue weighted by Crippen LogP contribution is 2.29. The lowest BCUT2D eigenvalue weighted by Crippen LogP contribution is -2.20. The Kier molecular flexibility index (Phi) is 4.36. The van der Waals surface area contributed by atoms with E-state index in [9.17, 15) is 0 Å². The summed E-state index contributed by atoms with van der Waals surface area (Å²) >= 11 is 0. The van der Waals surface area contributed by atoms with Crippen molar-refractivity contribution in [3.63, 3.8) is 0 Å². The molecule has 1 aromatic heterocycles. The second kappa shape index (κ2) is 6.81. The van der Waals surface area contributed by atoms with Crippen molar-refractivity contribution in [3.8, 4) is 11.4 Å². The molecule has 2 heterocycles. The molecular weight excluding hydrogens is 310 g/mol. The van der Waals surface area contributed by atoms with Crippen LogP contribution >= 0.6 is 0 Å². The predicted octanol–water partition coefficient (Wildman–Crippen LogP) is 4.34. The minimum atomic E-state index is 0.328. The zero-order valence-corrected chi connectivity index (χ0v) is 14.8. The minimum absolute atomic E-state index is 0.328. The van der Waals surface area contributed by atoms with Crippen molar-refractivity contribution in [2.75, 3.05) is 13.1 Å². The van der Waals surface area contributed by atoms with Crippen LogP contribution in [0.25, 0.3) is 11.4 Å². The molecule has 2 aromatic carbocycles. The van der Waals surface area contributed by atoms with Crippen molar-refractivity contribution < 1.29 is 4.52 Å². The van der Waals surface area contributed by atoms with Gasteiger partial charge in [0.05, 0.1) is 5.92 Å². The number of hydrogen-bond acceptors (Lipinski definition) is 4. The lowest BCUT2D eigenvalue weighted by Gasteiger charge is -2.16. The minimum Gasteiger partial charge on any atom is -0.339 e. The Bertz CT molecular complexity index is 871. The highest BCUT2D eigenvalue weighted by atomic mass is 16.5. The summed E-state index contributed by atoms with van der Waals surface area (Å²) in [7, 11) is 0. The molecule has 0 bridgehead atoms. The summed E-state index contributed by atoms with van der Waals surface area (Å²) in [5.74, 6) is 1.80. The fourth-order valence-electron chi connectivity index (χ4n) is 3.54. The first-order chi connectivity index (χ1) is 12.2. The van der Waals surface area contributed by atoms with E-state index in [2.05, 4.69) is 59.2 Å². The van der Waals surface area contributed by atoms with Crippen LogP contribution in [0, 0.1) is 13.8 Å². The van der Waals surface area contributed by atoms with Crippen molar-refractivity contribution in [2.24, 2.45) is 0 Å². The first-order valence-electron chi connectivity index (χ1n) is 8.87. The molecule has 1 atom stereocenters. The molecule has 4 rings (SSSR count). The maximum Gasteiger partial charge on any atom is 0.231 e. The third-order valence-electron chi connectivity index (χ3n) is 5.10. The molecule has 3 aromatic rings. The molecule has 4 nitrogen and oxygen atoms in total. The van der Waals surface area contributed by atoms with E-state index in [1.165, 1.54) is 16.7 Å². The first kappa shape index (κ1) is 16.0. The fraction of sp³-hybridized carbons (Fsp3) is 0.333. The smallest absolute Gasteiger partial charge is 0.231 e. The predicted molar refractivity (Wildman–Crippen MR) is 98.3 cm³/mol. The van der Waals surface area contributed by atoms with Gasteiger partial charge in [-0.2, -0.15) is 4.98 Å². The Labute approximate surface area is 148 Å². The van der Waals surface area contributed by atoms with E-state index in [4.69, 9.17) is 4.52 Å². The van der Waals surface area contributed by atoms with E-state index in [1.54, 1.807) is 0 Å². The lowest BCUT2D eigenvalue weighted by atomic mass is 10.1. The van der Waals surface area contributed by atoms with Gasteiger partial charge in [-0.25, -0.2) is 0 Å². The molecule has 1 aliphatic heterocycles. The summed E-state index contributed by atoms with van der Waals surface area (Å²) < 4.78 is 5.59. The van der Waals surface area contributed by atoms with Crippen molar-refractivity contribution in [2.45, 2.75) is 32.7 Å². The second-order valence-corrected chi connectivity index (χ2v) is 6.92. The van der Waals surface area contributed by atoms with Crippen LogP contribution in [0.4, 0.5) is 0 Å². The van der Waals surface area contributed by atoms with Crippen LogP contribution in [0.5, 0.6) is 0 Å². The number of aryl methyl sites for hydroxylation is 2. The van der Waals surface area contributed by atoms with Crippen molar-refractivity contribution in [1.82, 2.24) is 15.0 Å². The summed E-state index contributed by atoms with van der Waals surface area (Å²) in [6.07, 6.45) is 1.07. The third-order valence-corrected chi connectivity index (χ3v) is 5.10. The van der Waals surface area contributed by atoms with Gasteiger partial charge < -0.3 is 4.52 Å². The van der Waals surface area contributed by atoms with E-state index in [0.717, 1.165) is 37.5 Å². The lowest BCUT2D eigenvalue weighted by molar-refractivity contribution is 0.309. The topological polar surface area (TPSA) is 42.2 Å². The molecule has 1 saturated heterocycles. The first-order valence-corrected chi connectivity index (χ1v) is 8.87. The maximum absolute atomic E-state index is 5.59. The highest BCUT2D eigenvalue weighted by Gasteiger charge is 2.28. The van der Waals surface area contributed by atoms with Crippen LogP contribution in [-0.4, -0.2) is 28.1 Å². The molecule has 0 saturated carbocycles. The molecule has 128 valence electrons. The van der Waals surface area contributed by atoms with Gasteiger partial charge in [0.2, 0.25) is 11.7 Å². The molecule has 1 aliphatic rings. The van der Waals surface area contributed by atoms with Gasteiger partial charge in [0, 0.05) is 18.7 Å². The standard InChI is InChI=1S/C21H23N3O/c1-15-7-3-5-9-17(15)13-24-12-11-18(14-24)21-22-20(23-25-21)19-10-6-4-8-16(19)2/h3-10,18H,11-14H2,1-2H3/t18-/m0/s1.